The van der Waals surface area contributed by atoms with Crippen LogP contribution in [0.15, 0.2) is 36.4 Å². The van der Waals surface area contributed by atoms with E-state index in [2.05, 4.69) is 5.43 Å². The zero-order valence-electron chi connectivity index (χ0n) is 12.0. The Kier molecular flexibility index (Phi) is 5.17. The topological polar surface area (TPSA) is 47.3 Å². The highest BCUT2D eigenvalue weighted by Crippen LogP contribution is 2.30. The van der Waals surface area contributed by atoms with Gasteiger partial charge in [0.05, 0.1) is 13.2 Å². The number of hydrogen-bond acceptors (Lipinski definition) is 3. The summed E-state index contributed by atoms with van der Waals surface area (Å²) in [6.45, 7) is 1.88. The van der Waals surface area contributed by atoms with Gasteiger partial charge < -0.3 is 4.74 Å². The molecule has 0 saturated carbocycles. The van der Waals surface area contributed by atoms with E-state index >= 15 is 0 Å². The fraction of sp³-hybridized carbons (Fsp3) is 0.250. The largest absolute Gasteiger partial charge is 0.496 e. The molecule has 2 aromatic carbocycles. The summed E-state index contributed by atoms with van der Waals surface area (Å²) in [7, 11) is 1.60. The van der Waals surface area contributed by atoms with Gasteiger partial charge in [0, 0.05) is 10.6 Å². The normalized spacial score (nSPS) is 12.2. The Morgan fingerprint density at radius 2 is 2.05 bits per heavy atom. The third-order valence-corrected chi connectivity index (χ3v) is 3.73. The maximum atomic E-state index is 13.2. The number of nitrogens with one attached hydrogen (secondary N) is 1. The van der Waals surface area contributed by atoms with Gasteiger partial charge in [-0.15, -0.1) is 0 Å². The van der Waals surface area contributed by atoms with Crippen LogP contribution in [0.4, 0.5) is 4.39 Å². The lowest BCUT2D eigenvalue weighted by Crippen LogP contribution is -2.30. The number of nitrogens with two attached hydrogens (primary N) is 1. The molecule has 0 amide bonds. The summed E-state index contributed by atoms with van der Waals surface area (Å²) < 4.78 is 18.5. The van der Waals surface area contributed by atoms with E-state index in [4.69, 9.17) is 22.2 Å². The van der Waals surface area contributed by atoms with Crippen molar-refractivity contribution in [1.82, 2.24) is 5.43 Å². The Hall–Kier alpha value is -1.62. The Morgan fingerprint density at radius 3 is 2.67 bits per heavy atom. The number of methoxy groups -OCH3 is 1. The fourth-order valence-corrected chi connectivity index (χ4v) is 2.52. The SMILES string of the molecule is COc1ccc(Cl)cc1C(Cc1ccc(F)cc1C)NN. The highest BCUT2D eigenvalue weighted by Gasteiger charge is 2.17. The van der Waals surface area contributed by atoms with Gasteiger partial charge in [0.1, 0.15) is 11.6 Å². The van der Waals surface area contributed by atoms with Crippen molar-refractivity contribution in [3.05, 3.63) is 63.9 Å². The molecule has 0 aliphatic heterocycles. The van der Waals surface area contributed by atoms with E-state index in [0.29, 0.717) is 17.2 Å². The minimum absolute atomic E-state index is 0.178. The Morgan fingerprint density at radius 1 is 1.29 bits per heavy atom. The first kappa shape index (κ1) is 15.8. The molecule has 0 heterocycles. The predicted octanol–water partition coefficient (Wildman–Crippen LogP) is 3.54. The van der Waals surface area contributed by atoms with Crippen LogP contribution in [0.1, 0.15) is 22.7 Å². The molecular formula is C16H18ClFN2O. The minimum atomic E-state index is -0.242. The van der Waals surface area contributed by atoms with Gasteiger partial charge in [0.15, 0.2) is 0 Å². The van der Waals surface area contributed by atoms with Crippen molar-refractivity contribution in [3.8, 4) is 5.75 Å². The average Bonchev–Trinajstić information content (AvgIpc) is 2.46. The third-order valence-electron chi connectivity index (χ3n) is 3.50. The smallest absolute Gasteiger partial charge is 0.123 e. The molecule has 3 N–H and O–H groups in total. The second kappa shape index (κ2) is 6.89. The molecule has 0 fully saturated rings. The molecule has 0 bridgehead atoms. The molecule has 1 unspecified atom stereocenters. The van der Waals surface area contributed by atoms with E-state index in [-0.39, 0.29) is 11.9 Å². The monoisotopic (exact) mass is 308 g/mol. The minimum Gasteiger partial charge on any atom is -0.496 e. The van der Waals surface area contributed by atoms with Crippen molar-refractivity contribution in [3.63, 3.8) is 0 Å². The van der Waals surface area contributed by atoms with Crippen LogP contribution in [0.3, 0.4) is 0 Å². The highest BCUT2D eigenvalue weighted by molar-refractivity contribution is 6.30. The van der Waals surface area contributed by atoms with Gasteiger partial charge in [-0.2, -0.15) is 0 Å². The quantitative estimate of drug-likeness (QED) is 0.656. The molecule has 0 radical (unpaired) electrons. The Labute approximate surface area is 128 Å². The van der Waals surface area contributed by atoms with Crippen LogP contribution >= 0.6 is 11.6 Å². The lowest BCUT2D eigenvalue weighted by atomic mass is 9.96. The van der Waals surface area contributed by atoms with Crippen LogP contribution in [-0.4, -0.2) is 7.11 Å². The summed E-state index contributed by atoms with van der Waals surface area (Å²) in [6.07, 6.45) is 0.610. The van der Waals surface area contributed by atoms with Crippen molar-refractivity contribution >= 4 is 11.6 Å². The molecule has 21 heavy (non-hydrogen) atoms. The molecule has 5 heteroatoms. The van der Waals surface area contributed by atoms with Crippen molar-refractivity contribution in [2.45, 2.75) is 19.4 Å². The van der Waals surface area contributed by atoms with E-state index in [1.165, 1.54) is 12.1 Å². The van der Waals surface area contributed by atoms with E-state index in [0.717, 1.165) is 16.7 Å². The highest BCUT2D eigenvalue weighted by atomic mass is 35.5. The Bertz CT molecular complexity index is 634. The molecule has 2 rings (SSSR count). The summed E-state index contributed by atoms with van der Waals surface area (Å²) in [6, 6.07) is 9.95. The summed E-state index contributed by atoms with van der Waals surface area (Å²) in [4.78, 5) is 0. The molecule has 0 aromatic heterocycles. The van der Waals surface area contributed by atoms with Gasteiger partial charge >= 0.3 is 0 Å². The summed E-state index contributed by atoms with van der Waals surface area (Å²) >= 11 is 6.06. The number of rotatable bonds is 5. The number of hydrogen-bond donors (Lipinski definition) is 2. The van der Waals surface area contributed by atoms with Crippen LogP contribution in [0.25, 0.3) is 0 Å². The van der Waals surface area contributed by atoms with E-state index in [1.54, 1.807) is 25.3 Å². The van der Waals surface area contributed by atoms with E-state index < -0.39 is 0 Å². The average molecular weight is 309 g/mol. The first-order valence-electron chi connectivity index (χ1n) is 6.59. The molecule has 2 aromatic rings. The van der Waals surface area contributed by atoms with E-state index in [9.17, 15) is 4.39 Å². The van der Waals surface area contributed by atoms with Gasteiger partial charge in [-0.3, -0.25) is 11.3 Å². The molecule has 112 valence electrons. The predicted molar refractivity (Wildman–Crippen MR) is 82.9 cm³/mol. The van der Waals surface area contributed by atoms with Gasteiger partial charge in [-0.1, -0.05) is 17.7 Å². The number of hydrazine groups is 1. The first-order valence-corrected chi connectivity index (χ1v) is 6.97. The Balaban J connectivity index is 2.34. The van der Waals surface area contributed by atoms with Gasteiger partial charge in [0.25, 0.3) is 0 Å². The van der Waals surface area contributed by atoms with Crippen LogP contribution in [0.2, 0.25) is 5.02 Å². The van der Waals surface area contributed by atoms with E-state index in [1.807, 2.05) is 13.0 Å². The summed E-state index contributed by atoms with van der Waals surface area (Å²) in [5.41, 5.74) is 5.55. The van der Waals surface area contributed by atoms with Gasteiger partial charge in [0.2, 0.25) is 0 Å². The number of halogens is 2. The molecule has 0 aliphatic rings. The zero-order valence-corrected chi connectivity index (χ0v) is 12.7. The van der Waals surface area contributed by atoms with Crippen LogP contribution < -0.4 is 16.0 Å². The lowest BCUT2D eigenvalue weighted by Gasteiger charge is -2.20. The number of aryl methyl sites for hydroxylation is 1. The molecular weight excluding hydrogens is 291 g/mol. The van der Waals surface area contributed by atoms with Gasteiger partial charge in [-0.25, -0.2) is 4.39 Å². The second-order valence-corrected chi connectivity index (χ2v) is 5.32. The number of benzene rings is 2. The lowest BCUT2D eigenvalue weighted by molar-refractivity contribution is 0.399. The molecule has 0 aliphatic carbocycles. The molecule has 0 spiro atoms. The van der Waals surface area contributed by atoms with Crippen LogP contribution in [-0.2, 0) is 6.42 Å². The van der Waals surface area contributed by atoms with Crippen LogP contribution in [0, 0.1) is 12.7 Å². The van der Waals surface area contributed by atoms with Crippen molar-refractivity contribution in [2.24, 2.45) is 5.84 Å². The second-order valence-electron chi connectivity index (χ2n) is 4.88. The summed E-state index contributed by atoms with van der Waals surface area (Å²) in [5, 5.41) is 0.613. The summed E-state index contributed by atoms with van der Waals surface area (Å²) in [5.74, 6) is 6.15. The molecule has 0 saturated heterocycles. The zero-order chi connectivity index (χ0) is 15.4. The standard InChI is InChI=1S/C16H18ClFN2O/c1-10-7-13(18)5-3-11(10)8-15(20-19)14-9-12(17)4-6-16(14)21-2/h3-7,9,15,20H,8,19H2,1-2H3. The van der Waals surface area contributed by atoms with Crippen LogP contribution in [0.5, 0.6) is 5.75 Å². The van der Waals surface area contributed by atoms with Gasteiger partial charge in [-0.05, 0) is 54.8 Å². The first-order chi connectivity index (χ1) is 10.0. The molecule has 1 atom stereocenters. The maximum Gasteiger partial charge on any atom is 0.123 e. The molecule has 3 nitrogen and oxygen atoms in total. The number of ether oxygens (including phenoxy) is 1. The maximum absolute atomic E-state index is 13.2. The fourth-order valence-electron chi connectivity index (χ4n) is 2.34. The van der Waals surface area contributed by atoms with Crippen molar-refractivity contribution in [1.29, 1.82) is 0 Å². The van der Waals surface area contributed by atoms with Crippen molar-refractivity contribution < 1.29 is 9.13 Å². The third kappa shape index (κ3) is 3.73. The van der Waals surface area contributed by atoms with Crippen molar-refractivity contribution in [2.75, 3.05) is 7.11 Å².